The quantitative estimate of drug-likeness (QED) is 0.701. The van der Waals surface area contributed by atoms with Crippen LogP contribution in [0.2, 0.25) is 5.02 Å². The number of halogens is 2. The summed E-state index contributed by atoms with van der Waals surface area (Å²) in [5.41, 5.74) is 2.46. The second kappa shape index (κ2) is 8.04. The molecule has 2 aromatic rings. The first kappa shape index (κ1) is 21.1. The lowest BCUT2D eigenvalue weighted by molar-refractivity contribution is -0.138. The van der Waals surface area contributed by atoms with Gasteiger partial charge in [-0.1, -0.05) is 44.5 Å². The second-order valence-corrected chi connectivity index (χ2v) is 9.07. The minimum absolute atomic E-state index is 0.0150. The molecule has 0 radical (unpaired) electrons. The van der Waals surface area contributed by atoms with E-state index in [-0.39, 0.29) is 16.0 Å². The maximum atomic E-state index is 14.8. The Hall–Kier alpha value is -2.58. The maximum Gasteiger partial charge on any atom is 0.326 e. The number of hydrogen-bond donors (Lipinski definition) is 1. The number of anilines is 1. The Morgan fingerprint density at radius 3 is 2.69 bits per heavy atom. The largest absolute Gasteiger partial charge is 0.480 e. The van der Waals surface area contributed by atoms with Gasteiger partial charge in [0.2, 0.25) is 0 Å². The average molecular weight is 415 g/mol. The average Bonchev–Trinajstić information content (AvgIpc) is 3.12. The zero-order chi connectivity index (χ0) is 21.3. The summed E-state index contributed by atoms with van der Waals surface area (Å²) in [6, 6.07) is 9.94. The van der Waals surface area contributed by atoms with Crippen molar-refractivity contribution in [1.82, 2.24) is 0 Å². The van der Waals surface area contributed by atoms with Crippen molar-refractivity contribution in [3.05, 3.63) is 52.3 Å². The first-order chi connectivity index (χ1) is 13.6. The number of rotatable bonds is 4. The van der Waals surface area contributed by atoms with Crippen molar-refractivity contribution < 1.29 is 14.3 Å². The Bertz CT molecular complexity index is 992. The molecule has 1 aliphatic rings. The van der Waals surface area contributed by atoms with E-state index in [1.54, 1.807) is 18.2 Å². The normalized spacial score (nSPS) is 16.7. The summed E-state index contributed by atoms with van der Waals surface area (Å²) in [6.45, 7) is 6.80. The van der Waals surface area contributed by atoms with E-state index in [1.807, 2.05) is 11.0 Å². The van der Waals surface area contributed by atoms with Crippen LogP contribution < -0.4 is 4.90 Å². The van der Waals surface area contributed by atoms with Gasteiger partial charge in [-0.2, -0.15) is 5.26 Å². The van der Waals surface area contributed by atoms with Crippen LogP contribution in [0.5, 0.6) is 0 Å². The van der Waals surface area contributed by atoms with Crippen LogP contribution in [0, 0.1) is 22.6 Å². The van der Waals surface area contributed by atoms with Crippen LogP contribution in [0.3, 0.4) is 0 Å². The highest BCUT2D eigenvalue weighted by molar-refractivity contribution is 6.31. The van der Waals surface area contributed by atoms with E-state index in [1.165, 1.54) is 6.07 Å². The standard InChI is InChI=1S/C23H24ClFN2O2/c1-23(2,3)12-14-10-15(27-9-5-8-20(27)22(28)29)11-17(18(14)13-26)16-6-4-7-19(24)21(16)25/h4,6-7,10-11,20H,5,8-9,12H2,1-3H3,(H,28,29)/t20-/m1/s1. The lowest BCUT2D eigenvalue weighted by Crippen LogP contribution is -2.36. The van der Waals surface area contributed by atoms with Gasteiger partial charge in [-0.15, -0.1) is 0 Å². The summed E-state index contributed by atoms with van der Waals surface area (Å²) >= 11 is 5.99. The summed E-state index contributed by atoms with van der Waals surface area (Å²) in [6.07, 6.45) is 1.93. The number of nitrogens with zero attached hydrogens (tertiary/aromatic N) is 2. The molecule has 0 saturated carbocycles. The molecule has 1 atom stereocenters. The van der Waals surface area contributed by atoms with Gasteiger partial charge in [0.25, 0.3) is 0 Å². The number of hydrogen-bond acceptors (Lipinski definition) is 3. The Kier molecular flexibility index (Phi) is 5.86. The molecular weight excluding hydrogens is 391 g/mol. The van der Waals surface area contributed by atoms with E-state index in [9.17, 15) is 19.6 Å². The molecule has 6 heteroatoms. The molecule has 1 saturated heterocycles. The molecule has 0 aromatic heterocycles. The summed E-state index contributed by atoms with van der Waals surface area (Å²) in [5, 5.41) is 19.5. The third kappa shape index (κ3) is 4.38. The summed E-state index contributed by atoms with van der Waals surface area (Å²) in [5.74, 6) is -1.46. The monoisotopic (exact) mass is 414 g/mol. The van der Waals surface area contributed by atoms with Crippen molar-refractivity contribution in [2.75, 3.05) is 11.4 Å². The molecule has 2 aromatic carbocycles. The molecule has 0 unspecified atom stereocenters. The van der Waals surface area contributed by atoms with Gasteiger partial charge in [0.15, 0.2) is 0 Å². The van der Waals surface area contributed by atoms with Crippen LogP contribution >= 0.6 is 11.6 Å². The Balaban J connectivity index is 2.26. The van der Waals surface area contributed by atoms with Gasteiger partial charge in [0.05, 0.1) is 10.6 Å². The van der Waals surface area contributed by atoms with Gasteiger partial charge >= 0.3 is 5.97 Å². The molecule has 1 N–H and O–H groups in total. The van der Waals surface area contributed by atoms with Crippen LogP contribution in [-0.2, 0) is 11.2 Å². The lowest BCUT2D eigenvalue weighted by atomic mass is 9.84. The predicted molar refractivity (Wildman–Crippen MR) is 113 cm³/mol. The fourth-order valence-corrected chi connectivity index (χ4v) is 4.13. The molecule has 4 nitrogen and oxygen atoms in total. The van der Waals surface area contributed by atoms with Crippen LogP contribution in [0.25, 0.3) is 11.1 Å². The number of carbonyl (C=O) groups is 1. The van der Waals surface area contributed by atoms with E-state index < -0.39 is 17.8 Å². The van der Waals surface area contributed by atoms with Crippen molar-refractivity contribution in [3.8, 4) is 17.2 Å². The number of carboxylic acids is 1. The second-order valence-electron chi connectivity index (χ2n) is 8.67. The van der Waals surface area contributed by atoms with Crippen molar-refractivity contribution in [2.45, 2.75) is 46.1 Å². The molecule has 0 spiro atoms. The van der Waals surface area contributed by atoms with E-state index in [4.69, 9.17) is 11.6 Å². The first-order valence-electron chi connectivity index (χ1n) is 9.63. The lowest BCUT2D eigenvalue weighted by Gasteiger charge is -2.27. The number of benzene rings is 2. The van der Waals surface area contributed by atoms with Crippen molar-refractivity contribution in [3.63, 3.8) is 0 Å². The molecule has 0 aliphatic carbocycles. The topological polar surface area (TPSA) is 64.3 Å². The van der Waals surface area contributed by atoms with E-state index in [0.717, 1.165) is 12.0 Å². The van der Waals surface area contributed by atoms with Gasteiger partial charge in [-0.05, 0) is 48.4 Å². The maximum absolute atomic E-state index is 14.8. The van der Waals surface area contributed by atoms with Gasteiger partial charge in [-0.25, -0.2) is 9.18 Å². The SMILES string of the molecule is CC(C)(C)Cc1cc(N2CCC[C@@H]2C(=O)O)cc(-c2cccc(Cl)c2F)c1C#N. The highest BCUT2D eigenvalue weighted by Crippen LogP contribution is 2.38. The fourth-order valence-electron chi connectivity index (χ4n) is 3.95. The highest BCUT2D eigenvalue weighted by atomic mass is 35.5. The molecule has 3 rings (SSSR count). The van der Waals surface area contributed by atoms with E-state index in [0.29, 0.717) is 36.2 Å². The van der Waals surface area contributed by atoms with E-state index >= 15 is 0 Å². The molecule has 0 bridgehead atoms. The molecule has 1 fully saturated rings. The first-order valence-corrected chi connectivity index (χ1v) is 10.0. The van der Waals surface area contributed by atoms with Gasteiger partial charge in [0, 0.05) is 23.4 Å². The third-order valence-corrected chi connectivity index (χ3v) is 5.44. The predicted octanol–water partition coefficient (Wildman–Crippen LogP) is 5.66. The van der Waals surface area contributed by atoms with Gasteiger partial charge in [0.1, 0.15) is 17.9 Å². The minimum Gasteiger partial charge on any atom is -0.480 e. The molecule has 1 heterocycles. The smallest absolute Gasteiger partial charge is 0.326 e. The van der Waals surface area contributed by atoms with Crippen molar-refractivity contribution >= 4 is 23.3 Å². The van der Waals surface area contributed by atoms with Crippen LogP contribution in [-0.4, -0.2) is 23.7 Å². The fraction of sp³-hybridized carbons (Fsp3) is 0.391. The van der Waals surface area contributed by atoms with Crippen LogP contribution in [0.15, 0.2) is 30.3 Å². The molecule has 0 amide bonds. The van der Waals surface area contributed by atoms with Crippen LogP contribution in [0.4, 0.5) is 10.1 Å². The van der Waals surface area contributed by atoms with E-state index in [2.05, 4.69) is 26.8 Å². The van der Waals surface area contributed by atoms with Crippen molar-refractivity contribution in [2.24, 2.45) is 5.41 Å². The summed E-state index contributed by atoms with van der Waals surface area (Å²) in [7, 11) is 0. The molecule has 29 heavy (non-hydrogen) atoms. The summed E-state index contributed by atoms with van der Waals surface area (Å²) < 4.78 is 14.8. The van der Waals surface area contributed by atoms with Crippen molar-refractivity contribution in [1.29, 1.82) is 5.26 Å². The van der Waals surface area contributed by atoms with Gasteiger partial charge in [-0.3, -0.25) is 0 Å². The Morgan fingerprint density at radius 1 is 1.34 bits per heavy atom. The Morgan fingerprint density at radius 2 is 2.07 bits per heavy atom. The molecule has 152 valence electrons. The highest BCUT2D eigenvalue weighted by Gasteiger charge is 2.32. The zero-order valence-corrected chi connectivity index (χ0v) is 17.6. The number of aliphatic carboxylic acids is 1. The number of nitriles is 1. The van der Waals surface area contributed by atoms with Crippen LogP contribution in [0.1, 0.15) is 44.7 Å². The molecule has 1 aliphatic heterocycles. The minimum atomic E-state index is -0.875. The molecular formula is C23H24ClFN2O2. The third-order valence-electron chi connectivity index (χ3n) is 5.15. The zero-order valence-electron chi connectivity index (χ0n) is 16.8. The summed E-state index contributed by atoms with van der Waals surface area (Å²) in [4.78, 5) is 13.5. The van der Waals surface area contributed by atoms with Gasteiger partial charge < -0.3 is 10.0 Å². The Labute approximate surface area is 175 Å². The number of carboxylic acid groups (broad SMARTS) is 1.